The van der Waals surface area contributed by atoms with Gasteiger partial charge in [0.15, 0.2) is 0 Å². The summed E-state index contributed by atoms with van der Waals surface area (Å²) in [5.74, 6) is 0.734. The molecule has 0 radical (unpaired) electrons. The second-order valence-electron chi connectivity index (χ2n) is 7.69. The van der Waals surface area contributed by atoms with Crippen LogP contribution in [0.2, 0.25) is 0 Å². The third-order valence-electron chi connectivity index (χ3n) is 6.28. The van der Waals surface area contributed by atoms with E-state index in [1.54, 1.807) is 0 Å². The third kappa shape index (κ3) is 2.16. The fourth-order valence-corrected chi connectivity index (χ4v) is 5.05. The number of allylic oxidation sites excluding steroid dienone is 5. The van der Waals surface area contributed by atoms with E-state index in [9.17, 15) is 0 Å². The van der Waals surface area contributed by atoms with Crippen molar-refractivity contribution in [3.05, 3.63) is 124 Å². The Labute approximate surface area is 160 Å². The number of benzene rings is 3. The first-order valence-electron chi connectivity index (χ1n) is 9.76. The average molecular weight is 344 g/mol. The van der Waals surface area contributed by atoms with Crippen molar-refractivity contribution >= 4 is 6.08 Å². The van der Waals surface area contributed by atoms with Gasteiger partial charge in [-0.05, 0) is 50.9 Å². The molecule has 0 amide bonds. The average Bonchev–Trinajstić information content (AvgIpc) is 3.45. The molecule has 128 valence electrons. The summed E-state index contributed by atoms with van der Waals surface area (Å²) in [6.45, 7) is 0. The monoisotopic (exact) mass is 344 g/mol. The maximum absolute atomic E-state index is 2.40. The van der Waals surface area contributed by atoms with E-state index in [-0.39, 0.29) is 0 Å². The van der Waals surface area contributed by atoms with E-state index in [1.807, 2.05) is 0 Å². The second kappa shape index (κ2) is 5.69. The normalized spacial score (nSPS) is 18.7. The number of hydrogen-bond acceptors (Lipinski definition) is 0. The quantitative estimate of drug-likeness (QED) is 0.383. The Morgan fingerprint density at radius 3 is 2.41 bits per heavy atom. The molecule has 3 aliphatic carbocycles. The molecule has 0 saturated carbocycles. The van der Waals surface area contributed by atoms with Crippen LogP contribution in [0.1, 0.15) is 45.2 Å². The fraction of sp³-hybridized carbons (Fsp3) is 0.111. The van der Waals surface area contributed by atoms with Gasteiger partial charge in [-0.2, -0.15) is 0 Å². The van der Waals surface area contributed by atoms with Gasteiger partial charge < -0.3 is 0 Å². The van der Waals surface area contributed by atoms with E-state index in [1.165, 1.54) is 44.5 Å². The van der Waals surface area contributed by atoms with Crippen molar-refractivity contribution < 1.29 is 0 Å². The SMILES string of the molecule is C1=CC(c2ccc3c(c2C2C=Cc4ccccc42)Cc2ccccc2-3)C=C1. The molecule has 0 N–H and O–H groups in total. The molecule has 0 aromatic heterocycles. The zero-order valence-corrected chi connectivity index (χ0v) is 15.1. The van der Waals surface area contributed by atoms with Crippen molar-refractivity contribution in [2.75, 3.05) is 0 Å². The summed E-state index contributed by atoms with van der Waals surface area (Å²) in [5, 5.41) is 0. The molecule has 27 heavy (non-hydrogen) atoms. The Hall–Kier alpha value is -3.12. The van der Waals surface area contributed by atoms with E-state index < -0.39 is 0 Å². The molecule has 0 bridgehead atoms. The van der Waals surface area contributed by atoms with Crippen LogP contribution >= 0.6 is 0 Å². The van der Waals surface area contributed by atoms with Gasteiger partial charge >= 0.3 is 0 Å². The summed E-state index contributed by atoms with van der Waals surface area (Å²) in [7, 11) is 0. The van der Waals surface area contributed by atoms with Crippen molar-refractivity contribution in [1.82, 2.24) is 0 Å². The van der Waals surface area contributed by atoms with Gasteiger partial charge in [0.1, 0.15) is 0 Å². The summed E-state index contributed by atoms with van der Waals surface area (Å²) in [6, 6.07) is 22.5. The minimum atomic E-state index is 0.350. The van der Waals surface area contributed by atoms with Crippen LogP contribution < -0.4 is 0 Å². The molecule has 6 rings (SSSR count). The largest absolute Gasteiger partial charge is 0.0732 e. The summed E-state index contributed by atoms with van der Waals surface area (Å²) in [6.07, 6.45) is 14.7. The molecular weight excluding hydrogens is 324 g/mol. The predicted molar refractivity (Wildman–Crippen MR) is 113 cm³/mol. The highest BCUT2D eigenvalue weighted by molar-refractivity contribution is 5.80. The smallest absolute Gasteiger partial charge is 0.0284 e. The zero-order chi connectivity index (χ0) is 17.8. The standard InChI is InChI=1S/C27H20/c1-2-8-18(7-1)23-15-16-24-22-12-6-4-10-20(22)17-26(24)27(23)25-14-13-19-9-3-5-11-21(19)25/h1-16,18,25H,17H2. The molecule has 3 aromatic carbocycles. The highest BCUT2D eigenvalue weighted by Crippen LogP contribution is 2.47. The van der Waals surface area contributed by atoms with Crippen LogP contribution in [0.3, 0.4) is 0 Å². The van der Waals surface area contributed by atoms with E-state index in [0.29, 0.717) is 11.8 Å². The summed E-state index contributed by atoms with van der Waals surface area (Å²) >= 11 is 0. The van der Waals surface area contributed by atoms with Crippen molar-refractivity contribution in [2.45, 2.75) is 18.3 Å². The van der Waals surface area contributed by atoms with Gasteiger partial charge in [0.25, 0.3) is 0 Å². The second-order valence-corrected chi connectivity index (χ2v) is 7.69. The van der Waals surface area contributed by atoms with Gasteiger partial charge in [-0.25, -0.2) is 0 Å². The van der Waals surface area contributed by atoms with Gasteiger partial charge in [-0.1, -0.05) is 97.1 Å². The lowest BCUT2D eigenvalue weighted by Crippen LogP contribution is -2.07. The summed E-state index contributed by atoms with van der Waals surface area (Å²) in [4.78, 5) is 0. The Morgan fingerprint density at radius 1 is 0.667 bits per heavy atom. The first kappa shape index (κ1) is 15.0. The fourth-order valence-electron chi connectivity index (χ4n) is 5.05. The van der Waals surface area contributed by atoms with Crippen LogP contribution in [-0.4, -0.2) is 0 Å². The third-order valence-corrected chi connectivity index (χ3v) is 6.28. The van der Waals surface area contributed by atoms with Gasteiger partial charge in [-0.3, -0.25) is 0 Å². The maximum atomic E-state index is 2.40. The molecule has 0 heteroatoms. The van der Waals surface area contributed by atoms with E-state index in [4.69, 9.17) is 0 Å². The molecule has 3 aliphatic rings. The summed E-state index contributed by atoms with van der Waals surface area (Å²) < 4.78 is 0. The van der Waals surface area contributed by atoms with E-state index in [0.717, 1.165) is 6.42 Å². The van der Waals surface area contributed by atoms with Crippen molar-refractivity contribution in [2.24, 2.45) is 0 Å². The first-order chi connectivity index (χ1) is 13.4. The van der Waals surface area contributed by atoms with E-state index in [2.05, 4.69) is 97.1 Å². The lowest BCUT2D eigenvalue weighted by atomic mass is 9.80. The van der Waals surface area contributed by atoms with Crippen LogP contribution in [0.4, 0.5) is 0 Å². The predicted octanol–water partition coefficient (Wildman–Crippen LogP) is 6.63. The number of hydrogen-bond donors (Lipinski definition) is 0. The number of fused-ring (bicyclic) bond motifs is 4. The van der Waals surface area contributed by atoms with Crippen LogP contribution in [0.15, 0.2) is 91.0 Å². The Kier molecular flexibility index (Phi) is 3.16. The van der Waals surface area contributed by atoms with Gasteiger partial charge in [0.2, 0.25) is 0 Å². The van der Waals surface area contributed by atoms with Crippen LogP contribution in [0, 0.1) is 0 Å². The highest BCUT2D eigenvalue weighted by Gasteiger charge is 2.30. The van der Waals surface area contributed by atoms with Crippen molar-refractivity contribution in [3.63, 3.8) is 0 Å². The van der Waals surface area contributed by atoms with Crippen LogP contribution in [0.5, 0.6) is 0 Å². The highest BCUT2D eigenvalue weighted by atomic mass is 14.3. The lowest BCUT2D eigenvalue weighted by molar-refractivity contribution is 0.950. The number of rotatable bonds is 2. The molecule has 0 spiro atoms. The molecular formula is C27H20. The topological polar surface area (TPSA) is 0 Å². The van der Waals surface area contributed by atoms with Crippen LogP contribution in [-0.2, 0) is 6.42 Å². The van der Waals surface area contributed by atoms with Crippen LogP contribution in [0.25, 0.3) is 17.2 Å². The minimum absolute atomic E-state index is 0.350. The minimum Gasteiger partial charge on any atom is -0.0732 e. The first-order valence-corrected chi connectivity index (χ1v) is 9.76. The molecule has 1 atom stereocenters. The molecule has 3 aromatic rings. The van der Waals surface area contributed by atoms with E-state index >= 15 is 0 Å². The molecule has 0 aliphatic heterocycles. The molecule has 0 heterocycles. The van der Waals surface area contributed by atoms with Gasteiger partial charge in [0, 0.05) is 11.8 Å². The Bertz CT molecular complexity index is 1140. The molecule has 0 fully saturated rings. The Balaban J connectivity index is 1.61. The molecule has 1 unspecified atom stereocenters. The van der Waals surface area contributed by atoms with Gasteiger partial charge in [0.05, 0.1) is 0 Å². The molecule has 0 nitrogen and oxygen atoms in total. The zero-order valence-electron chi connectivity index (χ0n) is 15.1. The molecule has 0 saturated heterocycles. The van der Waals surface area contributed by atoms with Crippen molar-refractivity contribution in [3.8, 4) is 11.1 Å². The van der Waals surface area contributed by atoms with Gasteiger partial charge in [-0.15, -0.1) is 0 Å². The lowest BCUT2D eigenvalue weighted by Gasteiger charge is -2.23. The van der Waals surface area contributed by atoms with Crippen molar-refractivity contribution in [1.29, 1.82) is 0 Å². The Morgan fingerprint density at radius 2 is 1.48 bits per heavy atom. The maximum Gasteiger partial charge on any atom is 0.0284 e. The summed E-state index contributed by atoms with van der Waals surface area (Å²) in [5.41, 5.74) is 11.6.